The van der Waals surface area contributed by atoms with Gasteiger partial charge in [-0.15, -0.1) is 0 Å². The number of ether oxygens (including phenoxy) is 1. The van der Waals surface area contributed by atoms with E-state index in [4.69, 9.17) is 27.9 Å². The Labute approximate surface area is 184 Å². The third-order valence-electron chi connectivity index (χ3n) is 4.36. The Morgan fingerprint density at radius 2 is 1.73 bits per heavy atom. The van der Waals surface area contributed by atoms with E-state index >= 15 is 0 Å². The molecule has 30 heavy (non-hydrogen) atoms. The SMILES string of the molecule is Cc1cc(/C=N\NC(=O)c2ccc(F)cc2)cc(C)c1OCc1ccc(Cl)cc1Cl. The van der Waals surface area contributed by atoms with Crippen molar-refractivity contribution in [2.75, 3.05) is 0 Å². The lowest BCUT2D eigenvalue weighted by molar-refractivity contribution is 0.0955. The quantitative estimate of drug-likeness (QED) is 0.369. The number of halogens is 3. The van der Waals surface area contributed by atoms with Crippen LogP contribution in [0.2, 0.25) is 10.0 Å². The van der Waals surface area contributed by atoms with E-state index in [1.165, 1.54) is 24.3 Å². The number of amides is 1. The van der Waals surface area contributed by atoms with Gasteiger partial charge in [0.15, 0.2) is 0 Å². The number of aryl methyl sites for hydroxylation is 2. The third-order valence-corrected chi connectivity index (χ3v) is 4.94. The minimum Gasteiger partial charge on any atom is -0.488 e. The van der Waals surface area contributed by atoms with Crippen LogP contribution in [0.25, 0.3) is 0 Å². The summed E-state index contributed by atoms with van der Waals surface area (Å²) in [5, 5.41) is 5.11. The van der Waals surface area contributed by atoms with Crippen LogP contribution in [0.3, 0.4) is 0 Å². The van der Waals surface area contributed by atoms with Gasteiger partial charge >= 0.3 is 0 Å². The van der Waals surface area contributed by atoms with Crippen LogP contribution in [-0.4, -0.2) is 12.1 Å². The molecule has 0 saturated heterocycles. The van der Waals surface area contributed by atoms with E-state index in [9.17, 15) is 9.18 Å². The lowest BCUT2D eigenvalue weighted by Crippen LogP contribution is -2.17. The fourth-order valence-electron chi connectivity index (χ4n) is 2.91. The third kappa shape index (κ3) is 5.59. The summed E-state index contributed by atoms with van der Waals surface area (Å²) in [6, 6.07) is 14.3. The van der Waals surface area contributed by atoms with Crippen molar-refractivity contribution in [3.63, 3.8) is 0 Å². The highest BCUT2D eigenvalue weighted by molar-refractivity contribution is 6.35. The van der Waals surface area contributed by atoms with Crippen molar-refractivity contribution in [2.24, 2.45) is 5.10 Å². The number of hydrazone groups is 1. The van der Waals surface area contributed by atoms with Crippen LogP contribution in [0.1, 0.15) is 32.6 Å². The van der Waals surface area contributed by atoms with Crippen LogP contribution < -0.4 is 10.2 Å². The second kappa shape index (κ2) is 9.74. The molecule has 7 heteroatoms. The molecule has 3 rings (SSSR count). The average Bonchev–Trinajstić information content (AvgIpc) is 2.69. The monoisotopic (exact) mass is 444 g/mol. The largest absolute Gasteiger partial charge is 0.488 e. The first-order chi connectivity index (χ1) is 14.3. The van der Waals surface area contributed by atoms with Crippen LogP contribution in [0.5, 0.6) is 5.75 Å². The number of rotatable bonds is 6. The van der Waals surface area contributed by atoms with Gasteiger partial charge in [0.1, 0.15) is 18.2 Å². The maximum absolute atomic E-state index is 12.9. The first-order valence-electron chi connectivity index (χ1n) is 9.10. The Hall–Kier alpha value is -2.89. The average molecular weight is 445 g/mol. The van der Waals surface area contributed by atoms with Gasteiger partial charge in [-0.1, -0.05) is 29.3 Å². The van der Waals surface area contributed by atoms with Crippen molar-refractivity contribution in [1.29, 1.82) is 0 Å². The molecule has 0 aliphatic heterocycles. The predicted octanol–water partition coefficient (Wildman–Crippen LogP) is 6.09. The second-order valence-electron chi connectivity index (χ2n) is 6.71. The molecule has 0 unspecified atom stereocenters. The Morgan fingerprint density at radius 3 is 2.37 bits per heavy atom. The Morgan fingerprint density at radius 1 is 1.07 bits per heavy atom. The standard InChI is InChI=1S/C23H19Cl2FN2O2/c1-14-9-16(12-27-28-23(29)17-4-7-20(26)8-5-17)10-15(2)22(14)30-13-18-3-6-19(24)11-21(18)25/h3-12H,13H2,1-2H3,(H,28,29)/b27-12-. The fraction of sp³-hybridized carbons (Fsp3) is 0.130. The molecule has 0 aromatic heterocycles. The van der Waals surface area contributed by atoms with Crippen LogP contribution in [0.4, 0.5) is 4.39 Å². The summed E-state index contributed by atoms with van der Waals surface area (Å²) in [6.45, 7) is 4.18. The van der Waals surface area contributed by atoms with Crippen LogP contribution in [0.15, 0.2) is 59.7 Å². The number of carbonyl (C=O) groups excluding carboxylic acids is 1. The Kier molecular flexibility index (Phi) is 7.08. The van der Waals surface area contributed by atoms with Gasteiger partial charge in [0.25, 0.3) is 5.91 Å². The molecule has 3 aromatic rings. The summed E-state index contributed by atoms with van der Waals surface area (Å²) in [6.07, 6.45) is 1.54. The number of nitrogens with one attached hydrogen (secondary N) is 1. The topological polar surface area (TPSA) is 50.7 Å². The van der Waals surface area contributed by atoms with Crippen molar-refractivity contribution < 1.29 is 13.9 Å². The Bertz CT molecular complexity index is 1080. The van der Waals surface area contributed by atoms with E-state index in [1.54, 1.807) is 18.3 Å². The van der Waals surface area contributed by atoms with E-state index in [1.807, 2.05) is 32.0 Å². The molecular formula is C23H19Cl2FN2O2. The van der Waals surface area contributed by atoms with Crippen molar-refractivity contribution in [3.8, 4) is 5.75 Å². The molecule has 0 saturated carbocycles. The summed E-state index contributed by atoms with van der Waals surface area (Å²) >= 11 is 12.1. The number of benzene rings is 3. The van der Waals surface area contributed by atoms with Gasteiger partial charge in [-0.05, 0) is 79.1 Å². The molecule has 4 nitrogen and oxygen atoms in total. The molecule has 154 valence electrons. The van der Waals surface area contributed by atoms with Gasteiger partial charge in [-0.3, -0.25) is 4.79 Å². The van der Waals surface area contributed by atoms with Gasteiger partial charge in [-0.25, -0.2) is 9.82 Å². The summed E-state index contributed by atoms with van der Waals surface area (Å²) in [5.41, 5.74) is 6.25. The van der Waals surface area contributed by atoms with E-state index in [0.29, 0.717) is 22.2 Å². The van der Waals surface area contributed by atoms with Gasteiger partial charge in [0.2, 0.25) is 0 Å². The minimum atomic E-state index is -0.417. The van der Waals surface area contributed by atoms with Crippen molar-refractivity contribution in [2.45, 2.75) is 20.5 Å². The highest BCUT2D eigenvalue weighted by Crippen LogP contribution is 2.27. The summed E-state index contributed by atoms with van der Waals surface area (Å²) < 4.78 is 18.9. The molecule has 0 atom stereocenters. The van der Waals surface area contributed by atoms with Crippen molar-refractivity contribution >= 4 is 35.3 Å². The summed E-state index contributed by atoms with van der Waals surface area (Å²) in [7, 11) is 0. The summed E-state index contributed by atoms with van der Waals surface area (Å²) in [4.78, 5) is 12.0. The van der Waals surface area contributed by atoms with Crippen molar-refractivity contribution in [1.82, 2.24) is 5.43 Å². The highest BCUT2D eigenvalue weighted by atomic mass is 35.5. The highest BCUT2D eigenvalue weighted by Gasteiger charge is 2.09. The van der Waals surface area contributed by atoms with Crippen molar-refractivity contribution in [3.05, 3.63) is 98.3 Å². The first kappa shape index (κ1) is 21.8. The van der Waals surface area contributed by atoms with E-state index < -0.39 is 11.7 Å². The maximum Gasteiger partial charge on any atom is 0.271 e. The molecule has 0 aliphatic carbocycles. The smallest absolute Gasteiger partial charge is 0.271 e. The van der Waals surface area contributed by atoms with Crippen LogP contribution in [0, 0.1) is 19.7 Å². The molecule has 1 N–H and O–H groups in total. The predicted molar refractivity (Wildman–Crippen MR) is 118 cm³/mol. The van der Waals surface area contributed by atoms with Gasteiger partial charge < -0.3 is 4.74 Å². The van der Waals surface area contributed by atoms with E-state index in [-0.39, 0.29) is 0 Å². The number of nitrogens with zero attached hydrogens (tertiary/aromatic N) is 1. The molecule has 3 aromatic carbocycles. The van der Waals surface area contributed by atoms with Gasteiger partial charge in [0, 0.05) is 21.2 Å². The fourth-order valence-corrected chi connectivity index (χ4v) is 3.37. The number of carbonyl (C=O) groups is 1. The molecule has 0 spiro atoms. The van der Waals surface area contributed by atoms with Crippen LogP contribution in [-0.2, 0) is 6.61 Å². The normalized spacial score (nSPS) is 11.0. The second-order valence-corrected chi connectivity index (χ2v) is 7.56. The molecule has 1 amide bonds. The summed E-state index contributed by atoms with van der Waals surface area (Å²) in [5.74, 6) is -0.0605. The molecule has 0 radical (unpaired) electrons. The molecule has 0 fully saturated rings. The zero-order valence-corrected chi connectivity index (χ0v) is 17.9. The first-order valence-corrected chi connectivity index (χ1v) is 9.86. The molecule has 0 aliphatic rings. The maximum atomic E-state index is 12.9. The van der Waals surface area contributed by atoms with Gasteiger partial charge in [-0.2, -0.15) is 5.10 Å². The number of hydrogen-bond acceptors (Lipinski definition) is 3. The molecule has 0 heterocycles. The zero-order valence-electron chi connectivity index (χ0n) is 16.4. The lowest BCUT2D eigenvalue weighted by atomic mass is 10.1. The lowest BCUT2D eigenvalue weighted by Gasteiger charge is -2.14. The molecular weight excluding hydrogens is 426 g/mol. The van der Waals surface area contributed by atoms with Gasteiger partial charge in [0.05, 0.1) is 6.21 Å². The minimum absolute atomic E-state index is 0.318. The van der Waals surface area contributed by atoms with E-state index in [2.05, 4.69) is 10.5 Å². The number of hydrogen-bond donors (Lipinski definition) is 1. The Balaban J connectivity index is 1.65. The molecule has 0 bridgehead atoms. The zero-order chi connectivity index (χ0) is 21.7. The van der Waals surface area contributed by atoms with Crippen LogP contribution >= 0.6 is 23.2 Å². The van der Waals surface area contributed by atoms with E-state index in [0.717, 1.165) is 28.0 Å².